The molecule has 0 bridgehead atoms. The van der Waals surface area contributed by atoms with Crippen LogP contribution >= 0.6 is 0 Å². The van der Waals surface area contributed by atoms with Gasteiger partial charge in [-0.15, -0.1) is 0 Å². The fourth-order valence-electron chi connectivity index (χ4n) is 2.08. The zero-order chi connectivity index (χ0) is 11.3. The molecular weight excluding hydrogens is 208 g/mol. The van der Waals surface area contributed by atoms with Crippen LogP contribution < -0.4 is 10.4 Å². The fourth-order valence-corrected chi connectivity index (χ4v) is 2.08. The molecule has 4 nitrogen and oxygen atoms in total. The number of hydrogen-bond acceptors (Lipinski definition) is 4. The lowest BCUT2D eigenvalue weighted by atomic mass is 10.1. The van der Waals surface area contributed by atoms with Crippen LogP contribution in [0.25, 0.3) is 11.0 Å². The zero-order valence-electron chi connectivity index (χ0n) is 8.69. The van der Waals surface area contributed by atoms with E-state index in [-0.39, 0.29) is 6.42 Å². The number of aryl methyl sites for hydroxylation is 1. The molecule has 1 N–H and O–H groups in total. The average Bonchev–Trinajstić information content (AvgIpc) is 2.60. The minimum atomic E-state index is -0.942. The third kappa shape index (κ3) is 1.17. The first kappa shape index (κ1) is 9.42. The quantitative estimate of drug-likeness (QED) is 0.678. The third-order valence-corrected chi connectivity index (χ3v) is 2.82. The smallest absolute Gasteiger partial charge is 0.343 e. The Morgan fingerprint density at radius 3 is 3.06 bits per heavy atom. The second kappa shape index (κ2) is 3.09. The Kier molecular flexibility index (Phi) is 1.82. The number of aliphatic hydroxyl groups excluding tert-OH is 1. The van der Waals surface area contributed by atoms with E-state index in [0.717, 1.165) is 10.9 Å². The summed E-state index contributed by atoms with van der Waals surface area (Å²) in [6, 6.07) is 5.45. The maximum Gasteiger partial charge on any atom is 0.343 e. The Morgan fingerprint density at radius 2 is 2.25 bits per heavy atom. The molecule has 1 aliphatic heterocycles. The van der Waals surface area contributed by atoms with Gasteiger partial charge in [0.1, 0.15) is 11.3 Å². The largest absolute Gasteiger partial charge is 0.463 e. The lowest BCUT2D eigenvalue weighted by molar-refractivity contribution is 0.00299. The van der Waals surface area contributed by atoms with Crippen molar-refractivity contribution in [2.75, 3.05) is 0 Å². The van der Waals surface area contributed by atoms with Gasteiger partial charge in [0.15, 0.2) is 0 Å². The van der Waals surface area contributed by atoms with Crippen molar-refractivity contribution in [1.82, 2.24) is 0 Å². The molecule has 82 valence electrons. The van der Waals surface area contributed by atoms with Crippen molar-refractivity contribution in [3.05, 3.63) is 39.7 Å². The molecule has 0 saturated heterocycles. The fraction of sp³-hybridized carbons (Fsp3) is 0.250. The highest BCUT2D eigenvalue weighted by Gasteiger charge is 2.27. The summed E-state index contributed by atoms with van der Waals surface area (Å²) < 4.78 is 10.5. The van der Waals surface area contributed by atoms with Gasteiger partial charge in [-0.2, -0.15) is 0 Å². The Balaban J connectivity index is 2.48. The molecule has 0 spiro atoms. The van der Waals surface area contributed by atoms with Gasteiger partial charge in [0.2, 0.25) is 6.29 Å². The molecule has 0 aliphatic carbocycles. The summed E-state index contributed by atoms with van der Waals surface area (Å²) >= 11 is 0. The SMILES string of the molecule is Cc1cccc2oc(=O)c3c(c12)OC(O)C3. The van der Waals surface area contributed by atoms with Crippen LogP contribution in [0.4, 0.5) is 0 Å². The summed E-state index contributed by atoms with van der Waals surface area (Å²) in [5.74, 6) is 0.469. The van der Waals surface area contributed by atoms with Gasteiger partial charge in [-0.25, -0.2) is 4.79 Å². The van der Waals surface area contributed by atoms with Gasteiger partial charge >= 0.3 is 5.63 Å². The first-order valence-corrected chi connectivity index (χ1v) is 5.07. The van der Waals surface area contributed by atoms with Crippen LogP contribution in [0.2, 0.25) is 0 Å². The maximum atomic E-state index is 11.6. The number of ether oxygens (including phenoxy) is 1. The van der Waals surface area contributed by atoms with Crippen LogP contribution in [0, 0.1) is 6.92 Å². The summed E-state index contributed by atoms with van der Waals surface area (Å²) in [4.78, 5) is 11.6. The highest BCUT2D eigenvalue weighted by molar-refractivity contribution is 5.88. The normalized spacial score (nSPS) is 18.5. The highest BCUT2D eigenvalue weighted by Crippen LogP contribution is 2.35. The first-order chi connectivity index (χ1) is 7.66. The number of aliphatic hydroxyl groups is 1. The minimum Gasteiger partial charge on any atom is -0.463 e. The average molecular weight is 218 g/mol. The van der Waals surface area contributed by atoms with E-state index in [1.54, 1.807) is 6.07 Å². The molecule has 2 aromatic rings. The van der Waals surface area contributed by atoms with E-state index < -0.39 is 11.9 Å². The predicted octanol–water partition coefficient (Wildman–Crippen LogP) is 1.35. The number of rotatable bonds is 0. The molecule has 0 saturated carbocycles. The van der Waals surface area contributed by atoms with Crippen LogP contribution in [0.1, 0.15) is 11.1 Å². The van der Waals surface area contributed by atoms with Crippen molar-refractivity contribution in [1.29, 1.82) is 0 Å². The second-order valence-electron chi connectivity index (χ2n) is 3.92. The Hall–Kier alpha value is -1.81. The molecule has 1 aliphatic rings. The topological polar surface area (TPSA) is 59.7 Å². The second-order valence-corrected chi connectivity index (χ2v) is 3.92. The monoisotopic (exact) mass is 218 g/mol. The van der Waals surface area contributed by atoms with Crippen molar-refractivity contribution in [2.45, 2.75) is 19.6 Å². The van der Waals surface area contributed by atoms with Crippen LogP contribution in [-0.4, -0.2) is 11.4 Å². The van der Waals surface area contributed by atoms with E-state index in [2.05, 4.69) is 0 Å². The van der Waals surface area contributed by atoms with Crippen LogP contribution in [0.15, 0.2) is 27.4 Å². The molecule has 3 rings (SSSR count). The van der Waals surface area contributed by atoms with Gasteiger partial charge in [-0.3, -0.25) is 0 Å². The number of fused-ring (bicyclic) bond motifs is 3. The van der Waals surface area contributed by atoms with Crippen LogP contribution in [0.3, 0.4) is 0 Å². The molecule has 4 heteroatoms. The summed E-state index contributed by atoms with van der Waals surface area (Å²) in [7, 11) is 0. The number of hydrogen-bond donors (Lipinski definition) is 1. The van der Waals surface area contributed by atoms with Crippen molar-refractivity contribution >= 4 is 11.0 Å². The summed E-state index contributed by atoms with van der Waals surface area (Å²) in [5, 5.41) is 10.2. The standard InChI is InChI=1S/C12H10O4/c1-6-3-2-4-8-10(6)11-7(12(14)15-8)5-9(13)16-11/h2-4,9,13H,5H2,1H3. The minimum absolute atomic E-state index is 0.196. The molecule has 0 amide bonds. The van der Waals surface area contributed by atoms with Gasteiger partial charge in [0.05, 0.1) is 10.9 Å². The molecule has 16 heavy (non-hydrogen) atoms. The van der Waals surface area contributed by atoms with E-state index in [1.165, 1.54) is 0 Å². The Morgan fingerprint density at radius 1 is 1.44 bits per heavy atom. The van der Waals surface area contributed by atoms with Gasteiger partial charge in [0.25, 0.3) is 0 Å². The lowest BCUT2D eigenvalue weighted by Gasteiger charge is -2.06. The van der Waals surface area contributed by atoms with Gasteiger partial charge < -0.3 is 14.3 Å². The van der Waals surface area contributed by atoms with E-state index in [4.69, 9.17) is 9.15 Å². The van der Waals surface area contributed by atoms with E-state index in [9.17, 15) is 9.90 Å². The Labute approximate surface area is 91.1 Å². The third-order valence-electron chi connectivity index (χ3n) is 2.82. The molecule has 1 aromatic heterocycles. The maximum absolute atomic E-state index is 11.6. The van der Waals surface area contributed by atoms with E-state index in [0.29, 0.717) is 16.9 Å². The van der Waals surface area contributed by atoms with Crippen molar-refractivity contribution in [3.8, 4) is 5.75 Å². The van der Waals surface area contributed by atoms with Crippen molar-refractivity contribution < 1.29 is 14.3 Å². The van der Waals surface area contributed by atoms with Crippen molar-refractivity contribution in [2.24, 2.45) is 0 Å². The molecular formula is C12H10O4. The van der Waals surface area contributed by atoms with E-state index >= 15 is 0 Å². The van der Waals surface area contributed by atoms with Crippen LogP contribution in [0.5, 0.6) is 5.75 Å². The molecule has 1 unspecified atom stereocenters. The molecule has 0 radical (unpaired) electrons. The van der Waals surface area contributed by atoms with Crippen LogP contribution in [-0.2, 0) is 6.42 Å². The highest BCUT2D eigenvalue weighted by atomic mass is 16.6. The van der Waals surface area contributed by atoms with Gasteiger partial charge in [-0.05, 0) is 18.6 Å². The zero-order valence-corrected chi connectivity index (χ0v) is 8.69. The molecule has 1 atom stereocenters. The van der Waals surface area contributed by atoms with Crippen molar-refractivity contribution in [3.63, 3.8) is 0 Å². The Bertz CT molecular complexity index is 627. The summed E-state index contributed by atoms with van der Waals surface area (Å²) in [6.45, 7) is 1.91. The van der Waals surface area contributed by atoms with Gasteiger partial charge in [0, 0.05) is 6.42 Å². The summed E-state index contributed by atoms with van der Waals surface area (Å²) in [5.41, 5.74) is 1.46. The number of benzene rings is 1. The first-order valence-electron chi connectivity index (χ1n) is 5.07. The molecule has 2 heterocycles. The lowest BCUT2D eigenvalue weighted by Crippen LogP contribution is -2.11. The van der Waals surface area contributed by atoms with Gasteiger partial charge in [-0.1, -0.05) is 12.1 Å². The van der Waals surface area contributed by atoms with E-state index in [1.807, 2.05) is 19.1 Å². The predicted molar refractivity (Wildman–Crippen MR) is 57.6 cm³/mol. The molecule has 0 fully saturated rings. The summed E-state index contributed by atoms with van der Waals surface area (Å²) in [6.07, 6.45) is -0.745. The molecule has 1 aromatic carbocycles.